The fourth-order valence-electron chi connectivity index (χ4n) is 2.38. The van der Waals surface area contributed by atoms with Gasteiger partial charge in [-0.1, -0.05) is 6.08 Å². The van der Waals surface area contributed by atoms with Crippen molar-refractivity contribution >= 4 is 29.3 Å². The van der Waals surface area contributed by atoms with E-state index >= 15 is 0 Å². The molecule has 2 heterocycles. The first-order valence-electron chi connectivity index (χ1n) is 8.14. The van der Waals surface area contributed by atoms with E-state index in [0.717, 1.165) is 0 Å². The van der Waals surface area contributed by atoms with Crippen LogP contribution >= 0.6 is 11.3 Å². The Kier molecular flexibility index (Phi) is 5.69. The standard InChI is InChI=1S/C18H15N5O5S/c1-2-7-20-18-22(21-9-12-4-6-16(28-12)23(26)27)14(10-29-18)11-3-5-15(24)13(8-11)17(19)25/h2-6,8-10,24H,1,7H2,(H2,19,25). The van der Waals surface area contributed by atoms with Gasteiger partial charge in [0.2, 0.25) is 4.80 Å². The van der Waals surface area contributed by atoms with E-state index in [4.69, 9.17) is 10.2 Å². The highest BCUT2D eigenvalue weighted by atomic mass is 32.1. The van der Waals surface area contributed by atoms with E-state index in [0.29, 0.717) is 22.6 Å². The highest BCUT2D eigenvalue weighted by Crippen LogP contribution is 2.26. The van der Waals surface area contributed by atoms with Crippen LogP contribution in [0.3, 0.4) is 0 Å². The molecule has 0 saturated carbocycles. The van der Waals surface area contributed by atoms with Crippen LogP contribution in [0.4, 0.5) is 5.88 Å². The first-order chi connectivity index (χ1) is 13.9. The maximum atomic E-state index is 11.5. The third-order valence-electron chi connectivity index (χ3n) is 3.69. The molecule has 3 aromatic rings. The summed E-state index contributed by atoms with van der Waals surface area (Å²) in [5.41, 5.74) is 6.40. The van der Waals surface area contributed by atoms with Crippen molar-refractivity contribution in [2.24, 2.45) is 15.8 Å². The zero-order chi connectivity index (χ0) is 21.0. The number of nitrogens with two attached hydrogens (primary N) is 1. The highest BCUT2D eigenvalue weighted by molar-refractivity contribution is 7.07. The lowest BCUT2D eigenvalue weighted by atomic mass is 10.1. The van der Waals surface area contributed by atoms with Gasteiger partial charge in [0.15, 0.2) is 5.76 Å². The van der Waals surface area contributed by atoms with Crippen molar-refractivity contribution in [1.29, 1.82) is 0 Å². The van der Waals surface area contributed by atoms with Crippen molar-refractivity contribution in [3.05, 3.63) is 74.6 Å². The second-order valence-electron chi connectivity index (χ2n) is 5.62. The SMILES string of the molecule is C=CCN=c1scc(-c2ccc(O)c(C(N)=O)c2)n1N=Cc1ccc([N+](=O)[O-])o1. The highest BCUT2D eigenvalue weighted by Gasteiger charge is 2.14. The molecule has 0 aliphatic rings. The Morgan fingerprint density at radius 1 is 1.41 bits per heavy atom. The first kappa shape index (κ1) is 19.8. The second-order valence-corrected chi connectivity index (χ2v) is 6.46. The van der Waals surface area contributed by atoms with Crippen LogP contribution in [0, 0.1) is 10.1 Å². The normalized spacial score (nSPS) is 11.8. The molecule has 0 atom stereocenters. The Morgan fingerprint density at radius 2 is 2.21 bits per heavy atom. The minimum absolute atomic E-state index is 0.0320. The van der Waals surface area contributed by atoms with E-state index in [9.17, 15) is 20.0 Å². The topological polar surface area (TPSA) is 149 Å². The molecule has 0 spiro atoms. The number of furan rings is 1. The lowest BCUT2D eigenvalue weighted by Gasteiger charge is -2.06. The molecular weight excluding hydrogens is 398 g/mol. The van der Waals surface area contributed by atoms with Gasteiger partial charge in [0, 0.05) is 10.9 Å². The van der Waals surface area contributed by atoms with E-state index in [1.165, 1.54) is 46.5 Å². The molecule has 0 aliphatic carbocycles. The first-order valence-corrected chi connectivity index (χ1v) is 9.02. The van der Waals surface area contributed by atoms with Crippen molar-refractivity contribution in [3.8, 4) is 17.0 Å². The summed E-state index contributed by atoms with van der Waals surface area (Å²) in [6.07, 6.45) is 2.93. The Bertz CT molecular complexity index is 1190. The fraction of sp³-hybridized carbons (Fsp3) is 0.0556. The summed E-state index contributed by atoms with van der Waals surface area (Å²) in [5.74, 6) is -1.22. The van der Waals surface area contributed by atoms with Gasteiger partial charge in [-0.25, -0.2) is 4.68 Å². The molecule has 0 fully saturated rings. The number of nitro groups is 1. The zero-order valence-electron chi connectivity index (χ0n) is 14.9. The number of rotatable bonds is 7. The molecule has 2 aromatic heterocycles. The number of hydrogen-bond acceptors (Lipinski definition) is 8. The molecule has 1 aromatic carbocycles. The monoisotopic (exact) mass is 413 g/mol. The quantitative estimate of drug-likeness (QED) is 0.264. The molecular formula is C18H15N5O5S. The van der Waals surface area contributed by atoms with Crippen molar-refractivity contribution in [3.63, 3.8) is 0 Å². The molecule has 3 N–H and O–H groups in total. The average Bonchev–Trinajstić information content (AvgIpc) is 3.32. The number of primary amides is 1. The summed E-state index contributed by atoms with van der Waals surface area (Å²) in [7, 11) is 0. The number of carbonyl (C=O) groups is 1. The number of amides is 1. The predicted octanol–water partition coefficient (Wildman–Crippen LogP) is 2.49. The predicted molar refractivity (Wildman–Crippen MR) is 107 cm³/mol. The Labute approximate surface area is 167 Å². The number of carbonyl (C=O) groups excluding carboxylic acids is 1. The van der Waals surface area contributed by atoms with Crippen molar-refractivity contribution in [2.45, 2.75) is 0 Å². The molecule has 3 rings (SSSR count). The van der Waals surface area contributed by atoms with Crippen LogP contribution in [-0.4, -0.2) is 33.4 Å². The largest absolute Gasteiger partial charge is 0.507 e. The van der Waals surface area contributed by atoms with Crippen LogP contribution in [0.25, 0.3) is 11.3 Å². The van der Waals surface area contributed by atoms with Crippen LogP contribution < -0.4 is 10.5 Å². The van der Waals surface area contributed by atoms with Crippen LogP contribution in [-0.2, 0) is 0 Å². The fourth-order valence-corrected chi connectivity index (χ4v) is 3.22. The number of benzene rings is 1. The number of hydrogen-bond donors (Lipinski definition) is 2. The number of thiazole rings is 1. The van der Waals surface area contributed by atoms with Crippen LogP contribution in [0.2, 0.25) is 0 Å². The summed E-state index contributed by atoms with van der Waals surface area (Å²) >= 11 is 1.29. The molecule has 1 amide bonds. The Balaban J connectivity index is 2.09. The van der Waals surface area contributed by atoms with Gasteiger partial charge >= 0.3 is 5.88 Å². The minimum Gasteiger partial charge on any atom is -0.507 e. The Morgan fingerprint density at radius 3 is 2.86 bits per heavy atom. The van der Waals surface area contributed by atoms with Crippen LogP contribution in [0.1, 0.15) is 16.1 Å². The van der Waals surface area contributed by atoms with E-state index < -0.39 is 16.7 Å². The van der Waals surface area contributed by atoms with Gasteiger partial charge in [-0.05, 0) is 24.3 Å². The van der Waals surface area contributed by atoms with Crippen LogP contribution in [0.5, 0.6) is 5.75 Å². The van der Waals surface area contributed by atoms with Crippen molar-refractivity contribution in [1.82, 2.24) is 4.68 Å². The lowest BCUT2D eigenvalue weighted by molar-refractivity contribution is -0.402. The van der Waals surface area contributed by atoms with Gasteiger partial charge in [0.25, 0.3) is 5.91 Å². The molecule has 11 heteroatoms. The third kappa shape index (κ3) is 4.30. The lowest BCUT2D eigenvalue weighted by Crippen LogP contribution is -2.13. The molecule has 0 saturated heterocycles. The van der Waals surface area contributed by atoms with E-state index in [2.05, 4.69) is 16.7 Å². The van der Waals surface area contributed by atoms with Crippen molar-refractivity contribution in [2.75, 3.05) is 6.54 Å². The molecule has 148 valence electrons. The summed E-state index contributed by atoms with van der Waals surface area (Å²) < 4.78 is 6.56. The van der Waals surface area contributed by atoms with E-state index in [1.807, 2.05) is 0 Å². The summed E-state index contributed by atoms with van der Waals surface area (Å²) in [6, 6.07) is 7.05. The minimum atomic E-state index is -0.769. The van der Waals surface area contributed by atoms with Gasteiger partial charge in [-0.3, -0.25) is 19.9 Å². The molecule has 0 radical (unpaired) electrons. The number of nitrogens with zero attached hydrogens (tertiary/aromatic N) is 4. The molecule has 29 heavy (non-hydrogen) atoms. The van der Waals surface area contributed by atoms with E-state index in [1.54, 1.807) is 17.5 Å². The maximum Gasteiger partial charge on any atom is 0.433 e. The van der Waals surface area contributed by atoms with Gasteiger partial charge in [-0.15, -0.1) is 17.9 Å². The van der Waals surface area contributed by atoms with Gasteiger partial charge < -0.3 is 15.3 Å². The summed E-state index contributed by atoms with van der Waals surface area (Å²) in [4.78, 5) is 26.5. The number of aromatic hydroxyl groups is 1. The number of aromatic nitrogens is 1. The maximum absolute atomic E-state index is 11.5. The third-order valence-corrected chi connectivity index (χ3v) is 4.55. The molecule has 10 nitrogen and oxygen atoms in total. The second kappa shape index (κ2) is 8.35. The van der Waals surface area contributed by atoms with E-state index in [-0.39, 0.29) is 17.1 Å². The van der Waals surface area contributed by atoms with Gasteiger partial charge in [0.1, 0.15) is 10.7 Å². The summed E-state index contributed by atoms with van der Waals surface area (Å²) in [5, 5.41) is 26.6. The average molecular weight is 413 g/mol. The molecule has 0 aliphatic heterocycles. The van der Waals surface area contributed by atoms with Gasteiger partial charge in [-0.2, -0.15) is 5.10 Å². The molecule has 0 bridgehead atoms. The van der Waals surface area contributed by atoms with Gasteiger partial charge in [0.05, 0.1) is 30.1 Å². The smallest absolute Gasteiger partial charge is 0.433 e. The van der Waals surface area contributed by atoms with Crippen molar-refractivity contribution < 1.29 is 19.2 Å². The Hall–Kier alpha value is -3.99. The molecule has 0 unspecified atom stereocenters. The zero-order valence-corrected chi connectivity index (χ0v) is 15.7. The number of phenols is 1. The van der Waals surface area contributed by atoms with Crippen LogP contribution in [0.15, 0.2) is 62.9 Å². The summed E-state index contributed by atoms with van der Waals surface area (Å²) in [6.45, 7) is 3.98.